The first-order valence-electron chi connectivity index (χ1n) is 3.58. The SMILES string of the molecule is CC.CC=N/C=C\N(C)C. The van der Waals surface area contributed by atoms with Crippen molar-refractivity contribution in [3.8, 4) is 0 Å². The second kappa shape index (κ2) is 11.1. The van der Waals surface area contributed by atoms with Gasteiger partial charge in [0.15, 0.2) is 0 Å². The molecule has 0 rings (SSSR count). The van der Waals surface area contributed by atoms with Crippen LogP contribution in [-0.4, -0.2) is 25.2 Å². The van der Waals surface area contributed by atoms with Crippen molar-refractivity contribution >= 4 is 6.21 Å². The van der Waals surface area contributed by atoms with Crippen LogP contribution in [0.4, 0.5) is 0 Å². The molecular formula is C8H18N2. The van der Waals surface area contributed by atoms with E-state index in [0.29, 0.717) is 0 Å². The Hall–Kier alpha value is -0.790. The molecule has 0 N–H and O–H groups in total. The van der Waals surface area contributed by atoms with Crippen LogP contribution < -0.4 is 0 Å². The van der Waals surface area contributed by atoms with E-state index in [2.05, 4.69) is 4.99 Å². The fourth-order valence-electron chi connectivity index (χ4n) is 0.258. The molecule has 0 aliphatic carbocycles. The zero-order valence-electron chi connectivity index (χ0n) is 7.63. The largest absolute Gasteiger partial charge is 0.382 e. The Labute approximate surface area is 64.3 Å². The molecular weight excluding hydrogens is 124 g/mol. The van der Waals surface area contributed by atoms with Crippen LogP contribution in [0.1, 0.15) is 20.8 Å². The fraction of sp³-hybridized carbons (Fsp3) is 0.625. The van der Waals surface area contributed by atoms with Crippen LogP contribution in [0.25, 0.3) is 0 Å². The molecule has 0 heterocycles. The van der Waals surface area contributed by atoms with Crippen molar-refractivity contribution in [3.63, 3.8) is 0 Å². The summed E-state index contributed by atoms with van der Waals surface area (Å²) in [7, 11) is 3.92. The third kappa shape index (κ3) is 15.7. The lowest BCUT2D eigenvalue weighted by atomic mass is 10.8. The molecule has 0 bridgehead atoms. The van der Waals surface area contributed by atoms with Gasteiger partial charge in [0.05, 0.1) is 0 Å². The zero-order chi connectivity index (χ0) is 8.41. The maximum Gasteiger partial charge on any atom is 0.0422 e. The van der Waals surface area contributed by atoms with Crippen LogP contribution in [0.3, 0.4) is 0 Å². The third-order valence-corrected chi connectivity index (χ3v) is 0.600. The number of aliphatic imine (C=N–C) groups is 1. The van der Waals surface area contributed by atoms with E-state index in [9.17, 15) is 0 Å². The summed E-state index contributed by atoms with van der Waals surface area (Å²) in [6.07, 6.45) is 5.39. The number of rotatable bonds is 2. The lowest BCUT2D eigenvalue weighted by Gasteiger charge is -1.99. The summed E-state index contributed by atoms with van der Waals surface area (Å²) >= 11 is 0. The molecule has 0 aromatic rings. The van der Waals surface area contributed by atoms with Crippen molar-refractivity contribution in [2.75, 3.05) is 14.1 Å². The molecule has 0 saturated heterocycles. The van der Waals surface area contributed by atoms with Crippen molar-refractivity contribution in [3.05, 3.63) is 12.4 Å². The van der Waals surface area contributed by atoms with Gasteiger partial charge in [0.25, 0.3) is 0 Å². The normalized spacial score (nSPS) is 9.70. The summed E-state index contributed by atoms with van der Waals surface area (Å²) in [5.74, 6) is 0. The summed E-state index contributed by atoms with van der Waals surface area (Å²) in [6, 6.07) is 0. The minimum absolute atomic E-state index is 1.75. The van der Waals surface area contributed by atoms with Gasteiger partial charge in [0.2, 0.25) is 0 Å². The molecule has 2 nitrogen and oxygen atoms in total. The highest BCUT2D eigenvalue weighted by atomic mass is 15.0. The summed E-state index contributed by atoms with van der Waals surface area (Å²) in [5, 5.41) is 0. The van der Waals surface area contributed by atoms with E-state index in [0.717, 1.165) is 0 Å². The Morgan fingerprint density at radius 1 is 1.20 bits per heavy atom. The molecule has 0 atom stereocenters. The van der Waals surface area contributed by atoms with E-state index in [1.54, 1.807) is 12.4 Å². The predicted octanol–water partition coefficient (Wildman–Crippen LogP) is 2.14. The minimum atomic E-state index is 1.75. The van der Waals surface area contributed by atoms with E-state index < -0.39 is 0 Å². The second-order valence-corrected chi connectivity index (χ2v) is 1.67. The summed E-state index contributed by atoms with van der Waals surface area (Å²) < 4.78 is 0. The number of nitrogens with zero attached hydrogens (tertiary/aromatic N) is 2. The first-order chi connectivity index (χ1) is 4.77. The molecule has 2 heteroatoms. The van der Waals surface area contributed by atoms with Crippen LogP contribution >= 0.6 is 0 Å². The molecule has 0 aliphatic rings. The molecule has 0 fully saturated rings. The van der Waals surface area contributed by atoms with Crippen LogP contribution in [0.5, 0.6) is 0 Å². The van der Waals surface area contributed by atoms with Crippen LogP contribution in [0, 0.1) is 0 Å². The lowest BCUT2D eigenvalue weighted by Crippen LogP contribution is -1.99. The zero-order valence-corrected chi connectivity index (χ0v) is 7.63. The van der Waals surface area contributed by atoms with E-state index >= 15 is 0 Å². The average Bonchev–Trinajstić information content (AvgIpc) is 1.92. The van der Waals surface area contributed by atoms with Crippen LogP contribution in [0.2, 0.25) is 0 Å². The first-order valence-corrected chi connectivity index (χ1v) is 3.58. The standard InChI is InChI=1S/C6H12N2.C2H6/c1-4-7-5-6-8(2)3;1-2/h4-6H,1-3H3;1-2H3/b6-5-,7-4?;. The maximum absolute atomic E-state index is 3.86. The summed E-state index contributed by atoms with van der Waals surface area (Å²) in [5.41, 5.74) is 0. The van der Waals surface area contributed by atoms with Gasteiger partial charge in [-0.3, -0.25) is 4.99 Å². The summed E-state index contributed by atoms with van der Waals surface area (Å²) in [6.45, 7) is 5.89. The molecule has 0 spiro atoms. The molecule has 0 unspecified atom stereocenters. The van der Waals surface area contributed by atoms with Gasteiger partial charge in [-0.1, -0.05) is 13.8 Å². The van der Waals surface area contributed by atoms with Gasteiger partial charge in [-0.05, 0) is 6.92 Å². The molecule has 0 amide bonds. The monoisotopic (exact) mass is 142 g/mol. The van der Waals surface area contributed by atoms with E-state index in [1.807, 2.05) is 46.0 Å². The molecule has 0 radical (unpaired) electrons. The minimum Gasteiger partial charge on any atom is -0.382 e. The molecule has 60 valence electrons. The molecule has 0 aromatic heterocycles. The highest BCUT2D eigenvalue weighted by Gasteiger charge is 1.69. The first kappa shape index (κ1) is 11.9. The lowest BCUT2D eigenvalue weighted by molar-refractivity contribution is 0.562. The maximum atomic E-state index is 3.86. The van der Waals surface area contributed by atoms with E-state index in [-0.39, 0.29) is 0 Å². The topological polar surface area (TPSA) is 15.6 Å². The van der Waals surface area contributed by atoms with Crippen LogP contribution in [0.15, 0.2) is 17.4 Å². The highest BCUT2D eigenvalue weighted by molar-refractivity contribution is 5.54. The van der Waals surface area contributed by atoms with Crippen LogP contribution in [-0.2, 0) is 0 Å². The quantitative estimate of drug-likeness (QED) is 0.539. The molecule has 10 heavy (non-hydrogen) atoms. The molecule has 0 saturated carbocycles. The Morgan fingerprint density at radius 3 is 2.00 bits per heavy atom. The highest BCUT2D eigenvalue weighted by Crippen LogP contribution is 1.76. The Balaban J connectivity index is 0. The van der Waals surface area contributed by atoms with Gasteiger partial charge < -0.3 is 4.90 Å². The Kier molecular flexibility index (Phi) is 13.2. The van der Waals surface area contributed by atoms with Gasteiger partial charge in [0.1, 0.15) is 0 Å². The van der Waals surface area contributed by atoms with Gasteiger partial charge in [-0.15, -0.1) is 0 Å². The van der Waals surface area contributed by atoms with E-state index in [4.69, 9.17) is 0 Å². The van der Waals surface area contributed by atoms with E-state index in [1.165, 1.54) is 0 Å². The molecule has 0 aromatic carbocycles. The van der Waals surface area contributed by atoms with Gasteiger partial charge >= 0.3 is 0 Å². The second-order valence-electron chi connectivity index (χ2n) is 1.67. The van der Waals surface area contributed by atoms with Crippen molar-refractivity contribution in [2.45, 2.75) is 20.8 Å². The van der Waals surface area contributed by atoms with Gasteiger partial charge in [-0.25, -0.2) is 0 Å². The smallest absolute Gasteiger partial charge is 0.0422 e. The van der Waals surface area contributed by atoms with Gasteiger partial charge in [0, 0.05) is 32.7 Å². The Morgan fingerprint density at radius 2 is 1.70 bits per heavy atom. The Bertz CT molecular complexity index is 93.4. The van der Waals surface area contributed by atoms with Crippen molar-refractivity contribution in [2.24, 2.45) is 4.99 Å². The number of hydrogen-bond acceptors (Lipinski definition) is 2. The van der Waals surface area contributed by atoms with Crippen molar-refractivity contribution < 1.29 is 0 Å². The van der Waals surface area contributed by atoms with Gasteiger partial charge in [-0.2, -0.15) is 0 Å². The fourth-order valence-corrected chi connectivity index (χ4v) is 0.258. The molecule has 0 aliphatic heterocycles. The van der Waals surface area contributed by atoms with Crippen molar-refractivity contribution in [1.29, 1.82) is 0 Å². The van der Waals surface area contributed by atoms with Crippen molar-refractivity contribution in [1.82, 2.24) is 4.90 Å². The number of hydrogen-bond donors (Lipinski definition) is 0. The summed E-state index contributed by atoms with van der Waals surface area (Å²) in [4.78, 5) is 5.80. The predicted molar refractivity (Wildman–Crippen MR) is 48.3 cm³/mol. The third-order valence-electron chi connectivity index (χ3n) is 0.600. The average molecular weight is 142 g/mol.